The first kappa shape index (κ1) is 26.5. The summed E-state index contributed by atoms with van der Waals surface area (Å²) in [4.78, 5) is 24.0. The van der Waals surface area contributed by atoms with Crippen molar-refractivity contribution in [3.8, 4) is 5.75 Å². The third kappa shape index (κ3) is 7.41. The molecular weight excluding hydrogens is 465 g/mol. The lowest BCUT2D eigenvalue weighted by atomic mass is 10.0. The van der Waals surface area contributed by atoms with Crippen LogP contribution >= 0.6 is 7.52 Å². The van der Waals surface area contributed by atoms with Gasteiger partial charge in [-0.1, -0.05) is 69.2 Å². The molecule has 0 spiro atoms. The number of aromatic carboxylic acids is 1. The first-order chi connectivity index (χ1) is 16.7. The van der Waals surface area contributed by atoms with E-state index in [2.05, 4.69) is 18.9 Å². The SMILES string of the molecule is CCC(CC)COC(=O)[C@H](C)NP(=O)(Cc1ccc2ccc(C(=O)O)cc2c1)Oc1ccccc1. The number of nitrogens with one attached hydrogen (secondary N) is 1. The summed E-state index contributed by atoms with van der Waals surface area (Å²) in [6.45, 7) is 6.02. The van der Waals surface area contributed by atoms with Crippen LogP contribution in [0.25, 0.3) is 10.8 Å². The summed E-state index contributed by atoms with van der Waals surface area (Å²) in [5, 5.41) is 13.8. The number of carboxylic acid groups (broad SMARTS) is 1. The highest BCUT2D eigenvalue weighted by atomic mass is 31.2. The average molecular weight is 498 g/mol. The van der Waals surface area contributed by atoms with E-state index in [0.29, 0.717) is 23.3 Å². The maximum absolute atomic E-state index is 14.0. The summed E-state index contributed by atoms with van der Waals surface area (Å²) in [7, 11) is -3.61. The van der Waals surface area contributed by atoms with E-state index in [-0.39, 0.29) is 17.6 Å². The Kier molecular flexibility index (Phi) is 9.07. The normalized spacial score (nSPS) is 13.8. The topological polar surface area (TPSA) is 102 Å². The van der Waals surface area contributed by atoms with E-state index in [1.807, 2.05) is 18.2 Å². The Bertz CT molecular complexity index is 1210. The number of hydrogen-bond donors (Lipinski definition) is 2. The Morgan fingerprint density at radius 3 is 2.31 bits per heavy atom. The molecule has 0 saturated heterocycles. The summed E-state index contributed by atoms with van der Waals surface area (Å²) >= 11 is 0. The van der Waals surface area contributed by atoms with Gasteiger partial charge in [-0.05, 0) is 53.4 Å². The van der Waals surface area contributed by atoms with Gasteiger partial charge in [0.1, 0.15) is 11.8 Å². The molecule has 0 saturated carbocycles. The van der Waals surface area contributed by atoms with Gasteiger partial charge in [0.2, 0.25) is 0 Å². The van der Waals surface area contributed by atoms with Gasteiger partial charge in [0.05, 0.1) is 18.3 Å². The summed E-state index contributed by atoms with van der Waals surface area (Å²) < 4.78 is 25.4. The van der Waals surface area contributed by atoms with E-state index in [9.17, 15) is 19.3 Å². The molecule has 0 bridgehead atoms. The standard InChI is InChI=1S/C27H32NO6P/c1-4-20(5-2)17-33-27(31)19(3)28-35(32,34-25-9-7-6-8-10-25)18-21-11-12-22-13-14-23(26(29)30)16-24(22)15-21/h6-16,19-20H,4-5,17-18H2,1-3H3,(H,28,32)(H,29,30)/t19-,35?/m0/s1. The van der Waals surface area contributed by atoms with Crippen molar-refractivity contribution in [1.82, 2.24) is 5.09 Å². The number of carbonyl (C=O) groups is 2. The van der Waals surface area contributed by atoms with Gasteiger partial charge in [0, 0.05) is 0 Å². The van der Waals surface area contributed by atoms with Crippen molar-refractivity contribution in [2.24, 2.45) is 5.92 Å². The zero-order valence-corrected chi connectivity index (χ0v) is 21.2. The minimum Gasteiger partial charge on any atom is -0.478 e. The van der Waals surface area contributed by atoms with Gasteiger partial charge in [-0.15, -0.1) is 0 Å². The summed E-state index contributed by atoms with van der Waals surface area (Å²) in [5.74, 6) is -0.808. The van der Waals surface area contributed by atoms with Gasteiger partial charge < -0.3 is 14.4 Å². The Hall–Kier alpha value is -3.15. The molecule has 186 valence electrons. The lowest BCUT2D eigenvalue weighted by Gasteiger charge is -2.24. The minimum atomic E-state index is -3.61. The Labute approximate surface area is 206 Å². The van der Waals surface area contributed by atoms with E-state index >= 15 is 0 Å². The number of carbonyl (C=O) groups excluding carboxylic acids is 1. The molecule has 7 nitrogen and oxygen atoms in total. The average Bonchev–Trinajstić information content (AvgIpc) is 2.84. The van der Waals surface area contributed by atoms with Gasteiger partial charge in [-0.2, -0.15) is 0 Å². The molecule has 1 unspecified atom stereocenters. The van der Waals surface area contributed by atoms with E-state index in [4.69, 9.17) is 9.26 Å². The minimum absolute atomic E-state index is 0.000696. The molecule has 0 aliphatic carbocycles. The molecule has 2 N–H and O–H groups in total. The second-order valence-corrected chi connectivity index (χ2v) is 10.7. The number of hydrogen-bond acceptors (Lipinski definition) is 5. The maximum Gasteiger partial charge on any atom is 0.335 e. The number of benzene rings is 3. The molecule has 0 amide bonds. The Morgan fingerprint density at radius 2 is 1.66 bits per heavy atom. The molecule has 0 radical (unpaired) electrons. The zero-order chi connectivity index (χ0) is 25.4. The van der Waals surface area contributed by atoms with Gasteiger partial charge in [-0.25, -0.2) is 9.88 Å². The van der Waals surface area contributed by atoms with Crippen LogP contribution in [0.5, 0.6) is 5.75 Å². The van der Waals surface area contributed by atoms with Crippen LogP contribution in [0, 0.1) is 5.92 Å². The van der Waals surface area contributed by atoms with Crippen LogP contribution in [0.1, 0.15) is 49.5 Å². The van der Waals surface area contributed by atoms with Crippen LogP contribution < -0.4 is 9.61 Å². The predicted octanol–water partition coefficient (Wildman–Crippen LogP) is 6.27. The van der Waals surface area contributed by atoms with Gasteiger partial charge in [0.15, 0.2) is 0 Å². The van der Waals surface area contributed by atoms with E-state index in [1.165, 1.54) is 0 Å². The summed E-state index contributed by atoms with van der Waals surface area (Å²) in [5.41, 5.74) is 0.856. The molecule has 3 aromatic rings. The molecular formula is C27H32NO6P. The summed E-state index contributed by atoms with van der Waals surface area (Å²) in [6.07, 6.45) is 1.82. The van der Waals surface area contributed by atoms with E-state index in [1.54, 1.807) is 55.5 Å². The van der Waals surface area contributed by atoms with Gasteiger partial charge in [0.25, 0.3) is 0 Å². The number of carboxylic acids is 1. The van der Waals surface area contributed by atoms with Gasteiger partial charge >= 0.3 is 19.5 Å². The van der Waals surface area contributed by atoms with Crippen molar-refractivity contribution in [3.05, 3.63) is 77.9 Å². The highest BCUT2D eigenvalue weighted by Crippen LogP contribution is 2.47. The third-order valence-electron chi connectivity index (χ3n) is 5.90. The molecule has 0 aromatic heterocycles. The molecule has 3 rings (SSSR count). The Balaban J connectivity index is 1.84. The molecule has 0 heterocycles. The number of rotatable bonds is 12. The molecule has 35 heavy (non-hydrogen) atoms. The molecule has 0 aliphatic rings. The number of para-hydroxylation sites is 1. The zero-order valence-electron chi connectivity index (χ0n) is 20.3. The fraction of sp³-hybridized carbons (Fsp3) is 0.333. The highest BCUT2D eigenvalue weighted by Gasteiger charge is 2.31. The molecule has 2 atom stereocenters. The number of ether oxygens (including phenoxy) is 1. The molecule has 0 fully saturated rings. The van der Waals surface area contributed by atoms with Crippen molar-refractivity contribution >= 4 is 30.2 Å². The first-order valence-electron chi connectivity index (χ1n) is 11.8. The van der Waals surface area contributed by atoms with Crippen molar-refractivity contribution in [2.75, 3.05) is 6.61 Å². The van der Waals surface area contributed by atoms with Crippen LogP contribution in [0.2, 0.25) is 0 Å². The Morgan fingerprint density at radius 1 is 0.971 bits per heavy atom. The number of esters is 1. The lowest BCUT2D eigenvalue weighted by molar-refractivity contribution is -0.146. The highest BCUT2D eigenvalue weighted by molar-refractivity contribution is 7.56. The summed E-state index contributed by atoms with van der Waals surface area (Å²) in [6, 6.07) is 18.2. The largest absolute Gasteiger partial charge is 0.478 e. The molecule has 3 aromatic carbocycles. The van der Waals surface area contributed by atoms with E-state index in [0.717, 1.165) is 18.2 Å². The molecule has 8 heteroatoms. The van der Waals surface area contributed by atoms with Gasteiger partial charge in [-0.3, -0.25) is 9.36 Å². The van der Waals surface area contributed by atoms with E-state index < -0.39 is 25.5 Å². The quantitative estimate of drug-likeness (QED) is 0.225. The molecule has 0 aliphatic heterocycles. The van der Waals surface area contributed by atoms with Crippen molar-refractivity contribution < 1.29 is 28.5 Å². The van der Waals surface area contributed by atoms with Crippen LogP contribution in [-0.2, 0) is 20.3 Å². The van der Waals surface area contributed by atoms with Crippen LogP contribution in [0.4, 0.5) is 0 Å². The smallest absolute Gasteiger partial charge is 0.335 e. The number of fused-ring (bicyclic) bond motifs is 1. The van der Waals surface area contributed by atoms with Crippen LogP contribution in [0.3, 0.4) is 0 Å². The van der Waals surface area contributed by atoms with Crippen molar-refractivity contribution in [2.45, 2.75) is 45.8 Å². The maximum atomic E-state index is 14.0. The third-order valence-corrected chi connectivity index (χ3v) is 7.97. The second kappa shape index (κ2) is 12.0. The van der Waals surface area contributed by atoms with Crippen LogP contribution in [0.15, 0.2) is 66.7 Å². The predicted molar refractivity (Wildman–Crippen MR) is 137 cm³/mol. The van der Waals surface area contributed by atoms with Crippen LogP contribution in [-0.4, -0.2) is 29.7 Å². The lowest BCUT2D eigenvalue weighted by Crippen LogP contribution is -2.35. The first-order valence-corrected chi connectivity index (χ1v) is 13.6. The fourth-order valence-corrected chi connectivity index (χ4v) is 5.76. The second-order valence-electron chi connectivity index (χ2n) is 8.60. The fourth-order valence-electron chi connectivity index (χ4n) is 3.72. The van der Waals surface area contributed by atoms with Crippen molar-refractivity contribution in [1.29, 1.82) is 0 Å². The van der Waals surface area contributed by atoms with Crippen molar-refractivity contribution in [3.63, 3.8) is 0 Å². The monoisotopic (exact) mass is 497 g/mol.